The summed E-state index contributed by atoms with van der Waals surface area (Å²) in [6.45, 7) is 2.08. The first-order valence-corrected chi connectivity index (χ1v) is 6.93. The van der Waals surface area contributed by atoms with Gasteiger partial charge in [0.1, 0.15) is 0 Å². The van der Waals surface area contributed by atoms with Crippen LogP contribution in [0.2, 0.25) is 0 Å². The molecule has 0 atom stereocenters. The molecule has 0 radical (unpaired) electrons. The molecule has 18 heavy (non-hydrogen) atoms. The first kappa shape index (κ1) is 13.1. The Morgan fingerprint density at radius 2 is 1.78 bits per heavy atom. The lowest BCUT2D eigenvalue weighted by Gasteiger charge is -2.09. The normalized spacial score (nSPS) is 10.1. The zero-order valence-electron chi connectivity index (χ0n) is 10.1. The van der Waals surface area contributed by atoms with E-state index in [1.165, 1.54) is 0 Å². The van der Waals surface area contributed by atoms with E-state index in [1.807, 2.05) is 48.5 Å². The van der Waals surface area contributed by atoms with Gasteiger partial charge in [-0.2, -0.15) is 0 Å². The molecular formula is C15H14INO. The van der Waals surface area contributed by atoms with E-state index >= 15 is 0 Å². The molecule has 0 heterocycles. The standard InChI is InChI=1S/C15H14INO/c1-2-11-5-3-4-6-14(11)17-15(18)12-7-9-13(16)10-8-12/h3-10H,2H2,1H3,(H,17,18). The molecule has 1 N–H and O–H groups in total. The van der Waals surface area contributed by atoms with Crippen LogP contribution >= 0.6 is 22.6 Å². The van der Waals surface area contributed by atoms with Gasteiger partial charge in [0.05, 0.1) is 0 Å². The van der Waals surface area contributed by atoms with E-state index in [0.717, 1.165) is 21.2 Å². The first-order valence-electron chi connectivity index (χ1n) is 5.85. The molecule has 0 aliphatic heterocycles. The summed E-state index contributed by atoms with van der Waals surface area (Å²) in [6, 6.07) is 15.4. The number of anilines is 1. The lowest BCUT2D eigenvalue weighted by Crippen LogP contribution is -2.13. The summed E-state index contributed by atoms with van der Waals surface area (Å²) in [4.78, 5) is 12.1. The number of carbonyl (C=O) groups excluding carboxylic acids is 1. The highest BCUT2D eigenvalue weighted by atomic mass is 127. The van der Waals surface area contributed by atoms with Crippen molar-refractivity contribution in [2.45, 2.75) is 13.3 Å². The Kier molecular flexibility index (Phi) is 4.36. The Hall–Kier alpha value is -1.36. The molecular weight excluding hydrogens is 337 g/mol. The van der Waals surface area contributed by atoms with E-state index in [1.54, 1.807) is 0 Å². The molecule has 2 rings (SSSR count). The fourth-order valence-electron chi connectivity index (χ4n) is 1.75. The van der Waals surface area contributed by atoms with E-state index in [0.29, 0.717) is 5.56 Å². The van der Waals surface area contributed by atoms with Gasteiger partial charge in [-0.25, -0.2) is 0 Å². The van der Waals surface area contributed by atoms with Crippen molar-refractivity contribution in [2.24, 2.45) is 0 Å². The summed E-state index contributed by atoms with van der Waals surface area (Å²) >= 11 is 2.22. The Labute approximate surface area is 121 Å². The molecule has 3 heteroatoms. The lowest BCUT2D eigenvalue weighted by molar-refractivity contribution is 0.102. The predicted octanol–water partition coefficient (Wildman–Crippen LogP) is 4.11. The van der Waals surface area contributed by atoms with Gasteiger partial charge in [0.2, 0.25) is 0 Å². The molecule has 1 amide bonds. The monoisotopic (exact) mass is 351 g/mol. The van der Waals surface area contributed by atoms with Crippen molar-refractivity contribution in [1.29, 1.82) is 0 Å². The fraction of sp³-hybridized carbons (Fsp3) is 0.133. The number of amides is 1. The van der Waals surface area contributed by atoms with Crippen molar-refractivity contribution in [2.75, 3.05) is 5.32 Å². The van der Waals surface area contributed by atoms with Crippen LogP contribution in [0.3, 0.4) is 0 Å². The van der Waals surface area contributed by atoms with Gasteiger partial charge in [-0.3, -0.25) is 4.79 Å². The number of carbonyl (C=O) groups is 1. The number of aryl methyl sites for hydroxylation is 1. The minimum absolute atomic E-state index is 0.0627. The van der Waals surface area contributed by atoms with Crippen LogP contribution in [0, 0.1) is 3.57 Å². The molecule has 0 aliphatic rings. The van der Waals surface area contributed by atoms with Crippen LogP contribution in [0.4, 0.5) is 5.69 Å². The molecule has 0 saturated carbocycles. The van der Waals surface area contributed by atoms with E-state index in [2.05, 4.69) is 34.8 Å². The highest BCUT2D eigenvalue weighted by molar-refractivity contribution is 14.1. The summed E-state index contributed by atoms with van der Waals surface area (Å²) in [7, 11) is 0. The van der Waals surface area contributed by atoms with Gasteiger partial charge in [0, 0.05) is 14.8 Å². The summed E-state index contributed by atoms with van der Waals surface area (Å²) in [5.74, 6) is -0.0627. The van der Waals surface area contributed by atoms with Crippen LogP contribution < -0.4 is 5.32 Å². The van der Waals surface area contributed by atoms with Crippen molar-refractivity contribution in [3.05, 3.63) is 63.2 Å². The molecule has 2 aromatic rings. The minimum Gasteiger partial charge on any atom is -0.322 e. The minimum atomic E-state index is -0.0627. The van der Waals surface area contributed by atoms with Gasteiger partial charge < -0.3 is 5.32 Å². The van der Waals surface area contributed by atoms with E-state index < -0.39 is 0 Å². The van der Waals surface area contributed by atoms with Crippen LogP contribution in [0.15, 0.2) is 48.5 Å². The van der Waals surface area contributed by atoms with Crippen LogP contribution in [-0.4, -0.2) is 5.91 Å². The van der Waals surface area contributed by atoms with E-state index in [9.17, 15) is 4.79 Å². The Bertz CT molecular complexity index is 549. The number of rotatable bonds is 3. The molecule has 2 nitrogen and oxygen atoms in total. The molecule has 0 bridgehead atoms. The van der Waals surface area contributed by atoms with Crippen molar-refractivity contribution in [1.82, 2.24) is 0 Å². The average molecular weight is 351 g/mol. The quantitative estimate of drug-likeness (QED) is 0.829. The molecule has 2 aromatic carbocycles. The molecule has 0 saturated heterocycles. The third-order valence-corrected chi connectivity index (χ3v) is 3.47. The number of hydrogen-bond acceptors (Lipinski definition) is 1. The van der Waals surface area contributed by atoms with Gasteiger partial charge in [-0.05, 0) is 64.9 Å². The Balaban J connectivity index is 2.18. The average Bonchev–Trinajstić information content (AvgIpc) is 2.40. The van der Waals surface area contributed by atoms with Gasteiger partial charge in [-0.1, -0.05) is 25.1 Å². The highest BCUT2D eigenvalue weighted by Crippen LogP contribution is 2.17. The smallest absolute Gasteiger partial charge is 0.255 e. The zero-order chi connectivity index (χ0) is 13.0. The van der Waals surface area contributed by atoms with Crippen LogP contribution in [0.1, 0.15) is 22.8 Å². The summed E-state index contributed by atoms with van der Waals surface area (Å²) < 4.78 is 1.12. The van der Waals surface area contributed by atoms with Gasteiger partial charge in [0.15, 0.2) is 0 Å². The summed E-state index contributed by atoms with van der Waals surface area (Å²) in [5, 5.41) is 2.96. The molecule has 0 unspecified atom stereocenters. The lowest BCUT2D eigenvalue weighted by atomic mass is 10.1. The largest absolute Gasteiger partial charge is 0.322 e. The Morgan fingerprint density at radius 1 is 1.11 bits per heavy atom. The SMILES string of the molecule is CCc1ccccc1NC(=O)c1ccc(I)cc1. The fourth-order valence-corrected chi connectivity index (χ4v) is 2.11. The summed E-state index contributed by atoms with van der Waals surface area (Å²) in [6.07, 6.45) is 0.906. The van der Waals surface area contributed by atoms with Crippen molar-refractivity contribution >= 4 is 34.2 Å². The van der Waals surface area contributed by atoms with Gasteiger partial charge >= 0.3 is 0 Å². The first-order chi connectivity index (χ1) is 8.70. The van der Waals surface area contributed by atoms with Crippen LogP contribution in [-0.2, 0) is 6.42 Å². The van der Waals surface area contributed by atoms with Gasteiger partial charge in [0.25, 0.3) is 5.91 Å². The third-order valence-electron chi connectivity index (χ3n) is 2.75. The predicted molar refractivity (Wildman–Crippen MR) is 82.9 cm³/mol. The molecule has 92 valence electrons. The van der Waals surface area contributed by atoms with Crippen LogP contribution in [0.5, 0.6) is 0 Å². The number of nitrogens with one attached hydrogen (secondary N) is 1. The second-order valence-corrected chi connectivity index (χ2v) is 5.22. The number of halogens is 1. The second kappa shape index (κ2) is 6.00. The second-order valence-electron chi connectivity index (χ2n) is 3.97. The molecule has 0 fully saturated rings. The van der Waals surface area contributed by atoms with E-state index in [-0.39, 0.29) is 5.91 Å². The highest BCUT2D eigenvalue weighted by Gasteiger charge is 2.07. The number of benzene rings is 2. The maximum atomic E-state index is 12.1. The molecule has 0 spiro atoms. The maximum absolute atomic E-state index is 12.1. The number of para-hydroxylation sites is 1. The zero-order valence-corrected chi connectivity index (χ0v) is 12.3. The Morgan fingerprint density at radius 3 is 2.44 bits per heavy atom. The molecule has 0 aliphatic carbocycles. The van der Waals surface area contributed by atoms with Crippen LogP contribution in [0.25, 0.3) is 0 Å². The summed E-state index contributed by atoms with van der Waals surface area (Å²) in [5.41, 5.74) is 2.72. The number of hydrogen-bond donors (Lipinski definition) is 1. The van der Waals surface area contributed by atoms with Crippen molar-refractivity contribution < 1.29 is 4.79 Å². The van der Waals surface area contributed by atoms with Crippen molar-refractivity contribution in [3.8, 4) is 0 Å². The van der Waals surface area contributed by atoms with E-state index in [4.69, 9.17) is 0 Å². The molecule has 0 aromatic heterocycles. The van der Waals surface area contributed by atoms with Crippen molar-refractivity contribution in [3.63, 3.8) is 0 Å². The maximum Gasteiger partial charge on any atom is 0.255 e. The topological polar surface area (TPSA) is 29.1 Å². The third kappa shape index (κ3) is 3.10. The van der Waals surface area contributed by atoms with Gasteiger partial charge in [-0.15, -0.1) is 0 Å².